The van der Waals surface area contributed by atoms with Gasteiger partial charge in [0.2, 0.25) is 0 Å². The number of carbonyl (C=O) groups excluding carboxylic acids is 1. The quantitative estimate of drug-likeness (QED) is 0.856. The lowest BCUT2D eigenvalue weighted by molar-refractivity contribution is 0.202. The zero-order valence-electron chi connectivity index (χ0n) is 10.8. The number of hydrogen-bond donors (Lipinski definition) is 1. The number of anilines is 1. The molecule has 0 aliphatic carbocycles. The lowest BCUT2D eigenvalue weighted by Crippen LogP contribution is -2.36. The van der Waals surface area contributed by atoms with Crippen LogP contribution < -0.4 is 14.4 Å². The van der Waals surface area contributed by atoms with Crippen LogP contribution in [0.15, 0.2) is 42.5 Å². The van der Waals surface area contributed by atoms with Crippen LogP contribution in [0.4, 0.5) is 10.5 Å². The molecule has 2 aromatic rings. The van der Waals surface area contributed by atoms with Gasteiger partial charge >= 0.3 is 6.09 Å². The van der Waals surface area contributed by atoms with Crippen molar-refractivity contribution >= 4 is 11.8 Å². The Morgan fingerprint density at radius 2 is 2.00 bits per heavy atom. The maximum atomic E-state index is 12.0. The Hall–Kier alpha value is -3.20. The van der Waals surface area contributed by atoms with Gasteiger partial charge in [-0.25, -0.2) is 4.79 Å². The summed E-state index contributed by atoms with van der Waals surface area (Å²) in [6.45, 7) is 0.340. The van der Waals surface area contributed by atoms with Crippen LogP contribution in [-0.2, 0) is 6.54 Å². The molecule has 6 heteroatoms. The summed E-state index contributed by atoms with van der Waals surface area (Å²) in [6.07, 6.45) is 1.06. The number of carbonyl (C=O) groups is 1. The summed E-state index contributed by atoms with van der Waals surface area (Å²) in [5.74, 6) is 0.811. The molecule has 0 atom stereocenters. The predicted octanol–water partition coefficient (Wildman–Crippen LogP) is 2.77. The van der Waals surface area contributed by atoms with E-state index in [1.54, 1.807) is 42.7 Å². The molecule has 3 rings (SSSR count). The molecule has 0 unspecified atom stereocenters. The minimum atomic E-state index is -0.526. The van der Waals surface area contributed by atoms with Crippen LogP contribution in [0.3, 0.4) is 0 Å². The molecule has 104 valence electrons. The van der Waals surface area contributed by atoms with E-state index in [0.29, 0.717) is 23.7 Å². The topological polar surface area (TPSA) is 82.8 Å². The van der Waals surface area contributed by atoms with Crippen LogP contribution in [0.1, 0.15) is 5.56 Å². The van der Waals surface area contributed by atoms with Gasteiger partial charge in [-0.1, -0.05) is 0 Å². The Morgan fingerprint density at radius 1 is 1.24 bits per heavy atom. The van der Waals surface area contributed by atoms with E-state index in [2.05, 4.69) is 4.74 Å². The van der Waals surface area contributed by atoms with Gasteiger partial charge in [0.05, 0.1) is 6.54 Å². The van der Waals surface area contributed by atoms with Crippen molar-refractivity contribution in [3.05, 3.63) is 48.0 Å². The van der Waals surface area contributed by atoms with Crippen LogP contribution in [0, 0.1) is 11.5 Å². The fourth-order valence-electron chi connectivity index (χ4n) is 2.10. The lowest BCUT2D eigenvalue weighted by Gasteiger charge is -2.28. The third-order valence-electron chi connectivity index (χ3n) is 3.11. The maximum absolute atomic E-state index is 12.0. The zero-order chi connectivity index (χ0) is 14.8. The number of hydrogen-bond acceptors (Lipinski definition) is 5. The molecule has 1 aliphatic rings. The summed E-state index contributed by atoms with van der Waals surface area (Å²) >= 11 is 0. The molecule has 6 nitrogen and oxygen atoms in total. The van der Waals surface area contributed by atoms with Gasteiger partial charge < -0.3 is 14.6 Å². The summed E-state index contributed by atoms with van der Waals surface area (Å²) in [4.78, 5) is 13.5. The van der Waals surface area contributed by atoms with E-state index in [-0.39, 0.29) is 5.75 Å². The number of phenolic OH excluding ortho intramolecular Hbond substituents is 1. The Kier molecular flexibility index (Phi) is 3.09. The second-order valence-electron chi connectivity index (χ2n) is 4.43. The van der Waals surface area contributed by atoms with Crippen molar-refractivity contribution < 1.29 is 19.4 Å². The molecule has 1 aliphatic heterocycles. The van der Waals surface area contributed by atoms with E-state index in [4.69, 9.17) is 10.00 Å². The molecule has 0 bridgehead atoms. The standard InChI is InChI=1S/C15H10N2O4/c16-9-20-13-5-2-11(3-6-13)17-8-10-1-4-12(18)7-14(10)21-15(17)19/h1-7,18H,8H2. The van der Waals surface area contributed by atoms with Crippen LogP contribution in [0.2, 0.25) is 0 Å². The van der Waals surface area contributed by atoms with Crippen molar-refractivity contribution in [3.63, 3.8) is 0 Å². The summed E-state index contributed by atoms with van der Waals surface area (Å²) < 4.78 is 9.89. The fourth-order valence-corrected chi connectivity index (χ4v) is 2.10. The number of benzene rings is 2. The third-order valence-corrected chi connectivity index (χ3v) is 3.11. The monoisotopic (exact) mass is 282 g/mol. The molecular formula is C15H10N2O4. The average molecular weight is 282 g/mol. The van der Waals surface area contributed by atoms with Crippen LogP contribution in [-0.4, -0.2) is 11.2 Å². The normalized spacial score (nSPS) is 13.1. The van der Waals surface area contributed by atoms with Gasteiger partial charge in [0.15, 0.2) is 0 Å². The molecule has 21 heavy (non-hydrogen) atoms. The first kappa shape index (κ1) is 12.8. The van der Waals surface area contributed by atoms with Gasteiger partial charge in [0.1, 0.15) is 17.2 Å². The lowest BCUT2D eigenvalue weighted by atomic mass is 10.1. The van der Waals surface area contributed by atoms with Gasteiger partial charge in [-0.3, -0.25) is 4.90 Å². The molecule has 0 saturated heterocycles. The van der Waals surface area contributed by atoms with Gasteiger partial charge in [-0.2, -0.15) is 0 Å². The second kappa shape index (κ2) is 5.06. The Labute approximate surface area is 120 Å². The molecular weight excluding hydrogens is 272 g/mol. The number of nitriles is 1. The van der Waals surface area contributed by atoms with Crippen LogP contribution >= 0.6 is 0 Å². The highest BCUT2D eigenvalue weighted by molar-refractivity contribution is 5.91. The van der Waals surface area contributed by atoms with Crippen molar-refractivity contribution in [2.45, 2.75) is 6.54 Å². The molecule has 1 N–H and O–H groups in total. The Bertz CT molecular complexity index is 734. The highest BCUT2D eigenvalue weighted by atomic mass is 16.6. The van der Waals surface area contributed by atoms with E-state index >= 15 is 0 Å². The summed E-state index contributed by atoms with van der Waals surface area (Å²) in [7, 11) is 0. The summed E-state index contributed by atoms with van der Waals surface area (Å²) in [6, 6.07) is 11.2. The van der Waals surface area contributed by atoms with Gasteiger partial charge in [-0.05, 0) is 36.4 Å². The number of nitrogens with zero attached hydrogens (tertiary/aromatic N) is 2. The van der Waals surface area contributed by atoms with Gasteiger partial charge in [0.25, 0.3) is 6.26 Å². The zero-order valence-corrected chi connectivity index (χ0v) is 10.8. The highest BCUT2D eigenvalue weighted by Gasteiger charge is 2.26. The van der Waals surface area contributed by atoms with E-state index in [0.717, 1.165) is 5.56 Å². The minimum Gasteiger partial charge on any atom is -0.508 e. The van der Waals surface area contributed by atoms with Crippen molar-refractivity contribution in [2.75, 3.05) is 4.90 Å². The van der Waals surface area contributed by atoms with Gasteiger partial charge in [0, 0.05) is 17.3 Å². The molecule has 0 fully saturated rings. The number of phenols is 1. The number of rotatable bonds is 2. The first-order chi connectivity index (χ1) is 10.2. The molecule has 1 amide bonds. The van der Waals surface area contributed by atoms with Crippen molar-refractivity contribution in [1.29, 1.82) is 5.26 Å². The molecule has 0 saturated carbocycles. The van der Waals surface area contributed by atoms with Crippen LogP contribution in [0.5, 0.6) is 17.2 Å². The largest absolute Gasteiger partial charge is 0.508 e. The SMILES string of the molecule is N#COc1ccc(N2Cc3ccc(O)cc3OC2=O)cc1. The number of ether oxygens (including phenoxy) is 2. The van der Waals surface area contributed by atoms with Crippen molar-refractivity contribution in [1.82, 2.24) is 0 Å². The summed E-state index contributed by atoms with van der Waals surface area (Å²) in [5, 5.41) is 17.8. The van der Waals surface area contributed by atoms with Crippen LogP contribution in [0.25, 0.3) is 0 Å². The highest BCUT2D eigenvalue weighted by Crippen LogP contribution is 2.32. The summed E-state index contributed by atoms with van der Waals surface area (Å²) in [5.41, 5.74) is 1.42. The molecule has 0 radical (unpaired) electrons. The first-order valence-corrected chi connectivity index (χ1v) is 6.14. The maximum Gasteiger partial charge on any atom is 0.420 e. The van der Waals surface area contributed by atoms with E-state index in [1.807, 2.05) is 0 Å². The number of aromatic hydroxyl groups is 1. The molecule has 0 aromatic heterocycles. The number of amides is 1. The van der Waals surface area contributed by atoms with E-state index in [9.17, 15) is 9.90 Å². The minimum absolute atomic E-state index is 0.0491. The second-order valence-corrected chi connectivity index (χ2v) is 4.43. The third kappa shape index (κ3) is 2.44. The fraction of sp³-hybridized carbons (Fsp3) is 0.0667. The Balaban J connectivity index is 1.88. The first-order valence-electron chi connectivity index (χ1n) is 6.14. The van der Waals surface area contributed by atoms with E-state index in [1.165, 1.54) is 11.0 Å². The average Bonchev–Trinajstić information content (AvgIpc) is 2.48. The Morgan fingerprint density at radius 3 is 2.71 bits per heavy atom. The predicted molar refractivity (Wildman–Crippen MR) is 73.0 cm³/mol. The molecule has 2 aromatic carbocycles. The molecule has 1 heterocycles. The van der Waals surface area contributed by atoms with Crippen molar-refractivity contribution in [3.8, 4) is 23.5 Å². The van der Waals surface area contributed by atoms with E-state index < -0.39 is 6.09 Å². The van der Waals surface area contributed by atoms with Gasteiger partial charge in [-0.15, -0.1) is 5.26 Å². The number of fused-ring (bicyclic) bond motifs is 1. The smallest absolute Gasteiger partial charge is 0.420 e. The van der Waals surface area contributed by atoms with Crippen molar-refractivity contribution in [2.24, 2.45) is 0 Å². The molecule has 0 spiro atoms.